The molecule has 0 amide bonds. The van der Waals surface area contributed by atoms with Gasteiger partial charge in [0.2, 0.25) is 5.82 Å². The van der Waals surface area contributed by atoms with E-state index in [0.29, 0.717) is 12.5 Å². The molecule has 1 aromatic carbocycles. The van der Waals surface area contributed by atoms with Crippen molar-refractivity contribution in [1.29, 1.82) is 0 Å². The lowest BCUT2D eigenvalue weighted by Gasteiger charge is -2.37. The van der Waals surface area contributed by atoms with Crippen LogP contribution in [0.5, 0.6) is 5.75 Å². The van der Waals surface area contributed by atoms with Crippen molar-refractivity contribution in [3.8, 4) is 5.75 Å². The van der Waals surface area contributed by atoms with Gasteiger partial charge in [-0.1, -0.05) is 32.6 Å². The number of carboxylic acid groups (broad SMARTS) is 1. The van der Waals surface area contributed by atoms with E-state index in [1.165, 1.54) is 57.4 Å². The number of aromatic carboxylic acids is 1. The molecule has 1 aromatic rings. The lowest BCUT2D eigenvalue weighted by atomic mass is 9.69. The van der Waals surface area contributed by atoms with Crippen LogP contribution in [0.25, 0.3) is 0 Å². The fourth-order valence-electron chi connectivity index (χ4n) is 5.20. The predicted molar refractivity (Wildman–Crippen MR) is 105 cm³/mol. The first-order chi connectivity index (χ1) is 13.5. The second kappa shape index (κ2) is 9.71. The van der Waals surface area contributed by atoms with Gasteiger partial charge in [0.1, 0.15) is 0 Å². The minimum atomic E-state index is -1.48. The summed E-state index contributed by atoms with van der Waals surface area (Å²) >= 11 is 0. The Morgan fingerprint density at radius 2 is 1.54 bits per heavy atom. The Labute approximate surface area is 166 Å². The summed E-state index contributed by atoms with van der Waals surface area (Å²) in [6.07, 6.45) is 12.7. The summed E-state index contributed by atoms with van der Waals surface area (Å²) < 4.78 is 33.3. The smallest absolute Gasteiger partial charge is 0.338 e. The van der Waals surface area contributed by atoms with Gasteiger partial charge in [-0.05, 0) is 74.3 Å². The van der Waals surface area contributed by atoms with Crippen LogP contribution < -0.4 is 4.74 Å². The summed E-state index contributed by atoms with van der Waals surface area (Å²) in [5.74, 6) is -1.27. The van der Waals surface area contributed by atoms with Crippen LogP contribution in [-0.4, -0.2) is 17.7 Å². The Kier molecular flexibility index (Phi) is 7.30. The minimum Gasteiger partial charge on any atom is -0.490 e. The summed E-state index contributed by atoms with van der Waals surface area (Å²) in [4.78, 5) is 10.9. The van der Waals surface area contributed by atoms with Gasteiger partial charge in [0, 0.05) is 0 Å². The van der Waals surface area contributed by atoms with E-state index in [-0.39, 0.29) is 5.75 Å². The lowest BCUT2D eigenvalue weighted by Crippen LogP contribution is -2.27. The Bertz CT molecular complexity index is 660. The first-order valence-electron chi connectivity index (χ1n) is 10.8. The molecule has 0 bridgehead atoms. The highest BCUT2D eigenvalue weighted by Gasteiger charge is 2.31. The summed E-state index contributed by atoms with van der Waals surface area (Å²) in [6, 6.07) is 2.27. The van der Waals surface area contributed by atoms with E-state index in [1.54, 1.807) is 0 Å². The summed E-state index contributed by atoms with van der Waals surface area (Å²) in [5, 5.41) is 8.84. The Morgan fingerprint density at radius 1 is 0.964 bits per heavy atom. The molecule has 1 N–H and O–H groups in total. The second-order valence-electron chi connectivity index (χ2n) is 8.71. The molecule has 0 radical (unpaired) electrons. The van der Waals surface area contributed by atoms with Crippen LogP contribution in [0.15, 0.2) is 12.1 Å². The molecule has 2 fully saturated rings. The Morgan fingerprint density at radius 3 is 2.07 bits per heavy atom. The van der Waals surface area contributed by atoms with Crippen LogP contribution in [0, 0.1) is 35.3 Å². The van der Waals surface area contributed by atoms with Crippen molar-refractivity contribution in [2.24, 2.45) is 23.7 Å². The molecule has 3 nitrogen and oxygen atoms in total. The van der Waals surface area contributed by atoms with E-state index >= 15 is 0 Å². The number of halogens is 2. The van der Waals surface area contributed by atoms with Gasteiger partial charge in [-0.3, -0.25) is 0 Å². The van der Waals surface area contributed by atoms with Crippen molar-refractivity contribution in [2.75, 3.05) is 6.61 Å². The Hall–Kier alpha value is -1.65. The van der Waals surface area contributed by atoms with Crippen molar-refractivity contribution in [2.45, 2.75) is 71.1 Å². The van der Waals surface area contributed by atoms with Crippen molar-refractivity contribution in [1.82, 2.24) is 0 Å². The van der Waals surface area contributed by atoms with Gasteiger partial charge in [-0.2, -0.15) is 4.39 Å². The van der Waals surface area contributed by atoms with Gasteiger partial charge in [0.05, 0.1) is 12.2 Å². The van der Waals surface area contributed by atoms with Crippen molar-refractivity contribution in [3.05, 3.63) is 29.3 Å². The molecule has 0 aliphatic heterocycles. The average molecular weight is 395 g/mol. The summed E-state index contributed by atoms with van der Waals surface area (Å²) in [7, 11) is 0. The number of benzene rings is 1. The van der Waals surface area contributed by atoms with Crippen LogP contribution in [0.3, 0.4) is 0 Å². The third-order valence-electron chi connectivity index (χ3n) is 6.90. The van der Waals surface area contributed by atoms with Gasteiger partial charge >= 0.3 is 5.97 Å². The average Bonchev–Trinajstić information content (AvgIpc) is 2.70. The molecule has 2 aliphatic rings. The first kappa shape index (κ1) is 21.1. The van der Waals surface area contributed by atoms with Crippen molar-refractivity contribution < 1.29 is 23.4 Å². The number of ether oxygens (including phenoxy) is 1. The number of hydrogen-bond acceptors (Lipinski definition) is 2. The van der Waals surface area contributed by atoms with Gasteiger partial charge in [-0.25, -0.2) is 9.18 Å². The molecule has 0 heterocycles. The highest BCUT2D eigenvalue weighted by molar-refractivity contribution is 5.88. The zero-order valence-electron chi connectivity index (χ0n) is 16.8. The van der Waals surface area contributed by atoms with E-state index < -0.39 is 23.2 Å². The maximum Gasteiger partial charge on any atom is 0.338 e. The number of rotatable bonds is 7. The number of carbonyl (C=O) groups is 1. The molecule has 2 aliphatic carbocycles. The van der Waals surface area contributed by atoms with Crippen LogP contribution in [-0.2, 0) is 0 Å². The maximum absolute atomic E-state index is 14.0. The molecular formula is C23H32F2O3. The fourth-order valence-corrected chi connectivity index (χ4v) is 5.20. The molecule has 28 heavy (non-hydrogen) atoms. The maximum atomic E-state index is 14.0. The zero-order chi connectivity index (χ0) is 20.1. The molecular weight excluding hydrogens is 362 g/mol. The summed E-state index contributed by atoms with van der Waals surface area (Å²) in [6.45, 7) is 2.63. The molecule has 2 saturated carbocycles. The van der Waals surface area contributed by atoms with Crippen LogP contribution in [0.1, 0.15) is 81.5 Å². The third-order valence-corrected chi connectivity index (χ3v) is 6.90. The Balaban J connectivity index is 1.44. The van der Waals surface area contributed by atoms with E-state index in [4.69, 9.17) is 9.84 Å². The monoisotopic (exact) mass is 394 g/mol. The van der Waals surface area contributed by atoms with E-state index in [9.17, 15) is 13.6 Å². The predicted octanol–water partition coefficient (Wildman–Crippen LogP) is 6.45. The van der Waals surface area contributed by atoms with Crippen molar-refractivity contribution >= 4 is 5.97 Å². The summed E-state index contributed by atoms with van der Waals surface area (Å²) in [5.41, 5.74) is -0.668. The highest BCUT2D eigenvalue weighted by atomic mass is 19.2. The van der Waals surface area contributed by atoms with Gasteiger partial charge in [0.15, 0.2) is 11.6 Å². The van der Waals surface area contributed by atoms with E-state index in [1.807, 2.05) is 0 Å². The largest absolute Gasteiger partial charge is 0.490 e. The van der Waals surface area contributed by atoms with Crippen LogP contribution >= 0.6 is 0 Å². The topological polar surface area (TPSA) is 46.5 Å². The molecule has 0 aromatic heterocycles. The SMILES string of the molecule is CCCC1CCC(C2CCC(COc3ccc(C(=O)O)c(F)c3F)CC2)CC1. The standard InChI is InChI=1S/C23H32F2O3/c1-2-3-15-4-8-17(9-5-15)18-10-6-16(7-11-18)14-28-20-13-12-19(23(26)27)21(24)22(20)25/h12-13,15-18H,2-11,14H2,1H3,(H,26,27). The second-order valence-corrected chi connectivity index (χ2v) is 8.71. The normalized spacial score (nSPS) is 28.1. The third kappa shape index (κ3) is 5.03. The van der Waals surface area contributed by atoms with E-state index in [2.05, 4.69) is 6.92 Å². The minimum absolute atomic E-state index is 0.195. The number of carboxylic acids is 1. The number of hydrogen-bond donors (Lipinski definition) is 1. The van der Waals surface area contributed by atoms with Gasteiger partial charge in [-0.15, -0.1) is 0 Å². The lowest BCUT2D eigenvalue weighted by molar-refractivity contribution is 0.0690. The molecule has 0 atom stereocenters. The van der Waals surface area contributed by atoms with Gasteiger partial charge < -0.3 is 9.84 Å². The first-order valence-corrected chi connectivity index (χ1v) is 10.8. The molecule has 0 saturated heterocycles. The van der Waals surface area contributed by atoms with E-state index in [0.717, 1.165) is 36.7 Å². The van der Waals surface area contributed by atoms with Crippen molar-refractivity contribution in [3.63, 3.8) is 0 Å². The molecule has 0 spiro atoms. The zero-order valence-corrected chi connectivity index (χ0v) is 16.8. The highest BCUT2D eigenvalue weighted by Crippen LogP contribution is 2.42. The van der Waals surface area contributed by atoms with Crippen LogP contribution in [0.4, 0.5) is 8.78 Å². The van der Waals surface area contributed by atoms with Gasteiger partial charge in [0.25, 0.3) is 0 Å². The molecule has 156 valence electrons. The fraction of sp³-hybridized carbons (Fsp3) is 0.696. The van der Waals surface area contributed by atoms with Crippen LogP contribution in [0.2, 0.25) is 0 Å². The molecule has 0 unspecified atom stereocenters. The molecule has 3 rings (SSSR count). The molecule has 5 heteroatoms. The quantitative estimate of drug-likeness (QED) is 0.578.